The van der Waals surface area contributed by atoms with E-state index in [1.165, 1.54) is 0 Å². The number of nitriles is 1. The molecule has 1 aromatic heterocycles. The van der Waals surface area contributed by atoms with Crippen LogP contribution in [0, 0.1) is 17.2 Å². The standard InChI is InChI=1S/C13H18N4O2/c1-7(2)10-8(5-14)12(15-3)19-13-11(10)9(6-18-4)16-17-13/h7,10,15H,6H2,1-4H3,(H,16,17). The van der Waals surface area contributed by atoms with E-state index in [1.54, 1.807) is 14.2 Å². The number of methoxy groups -OCH3 is 1. The predicted molar refractivity (Wildman–Crippen MR) is 69.2 cm³/mol. The second kappa shape index (κ2) is 5.33. The monoisotopic (exact) mass is 262 g/mol. The van der Waals surface area contributed by atoms with Gasteiger partial charge in [-0.1, -0.05) is 13.8 Å². The van der Waals surface area contributed by atoms with Gasteiger partial charge in [0.25, 0.3) is 0 Å². The van der Waals surface area contributed by atoms with Gasteiger partial charge in [0.2, 0.25) is 11.8 Å². The molecule has 0 radical (unpaired) electrons. The highest BCUT2D eigenvalue weighted by atomic mass is 16.5. The fourth-order valence-corrected chi connectivity index (χ4v) is 2.43. The maximum absolute atomic E-state index is 9.41. The van der Waals surface area contributed by atoms with Gasteiger partial charge < -0.3 is 14.8 Å². The molecule has 1 unspecified atom stereocenters. The van der Waals surface area contributed by atoms with E-state index in [1.807, 2.05) is 0 Å². The van der Waals surface area contributed by atoms with Gasteiger partial charge >= 0.3 is 0 Å². The molecule has 2 rings (SSSR count). The summed E-state index contributed by atoms with van der Waals surface area (Å²) in [7, 11) is 3.36. The van der Waals surface area contributed by atoms with Crippen LogP contribution < -0.4 is 10.1 Å². The van der Waals surface area contributed by atoms with Gasteiger partial charge in [-0.3, -0.25) is 5.10 Å². The summed E-state index contributed by atoms with van der Waals surface area (Å²) in [6.45, 7) is 4.57. The van der Waals surface area contributed by atoms with Crippen molar-refractivity contribution in [1.82, 2.24) is 15.5 Å². The van der Waals surface area contributed by atoms with Crippen molar-refractivity contribution in [2.45, 2.75) is 26.4 Å². The van der Waals surface area contributed by atoms with Crippen LogP contribution in [0.5, 0.6) is 5.88 Å². The molecule has 0 aromatic carbocycles. The summed E-state index contributed by atoms with van der Waals surface area (Å²) in [4.78, 5) is 0. The minimum absolute atomic E-state index is 0.0416. The fraction of sp³-hybridized carbons (Fsp3) is 0.538. The van der Waals surface area contributed by atoms with Gasteiger partial charge in [0.05, 0.1) is 17.9 Å². The number of fused-ring (bicyclic) bond motifs is 1. The maximum Gasteiger partial charge on any atom is 0.244 e. The molecule has 1 aliphatic heterocycles. The van der Waals surface area contributed by atoms with Crippen molar-refractivity contribution in [3.63, 3.8) is 0 Å². The Bertz CT molecular complexity index is 539. The number of rotatable bonds is 4. The molecule has 0 fully saturated rings. The van der Waals surface area contributed by atoms with Gasteiger partial charge in [0, 0.05) is 25.6 Å². The third-order valence-corrected chi connectivity index (χ3v) is 3.22. The van der Waals surface area contributed by atoms with Crippen LogP contribution in [0.25, 0.3) is 0 Å². The highest BCUT2D eigenvalue weighted by Gasteiger charge is 2.36. The molecular formula is C13H18N4O2. The summed E-state index contributed by atoms with van der Waals surface area (Å²) < 4.78 is 10.8. The van der Waals surface area contributed by atoms with Crippen LogP contribution >= 0.6 is 0 Å². The molecular weight excluding hydrogens is 244 g/mol. The lowest BCUT2D eigenvalue weighted by atomic mass is 9.81. The molecule has 0 aliphatic carbocycles. The highest BCUT2D eigenvalue weighted by molar-refractivity contribution is 5.49. The minimum Gasteiger partial charge on any atom is -0.420 e. The normalized spacial score (nSPS) is 18.0. The number of nitrogens with one attached hydrogen (secondary N) is 2. The molecule has 1 aliphatic rings. The van der Waals surface area contributed by atoms with Crippen molar-refractivity contribution >= 4 is 0 Å². The van der Waals surface area contributed by atoms with E-state index < -0.39 is 0 Å². The number of ether oxygens (including phenoxy) is 2. The van der Waals surface area contributed by atoms with E-state index in [-0.39, 0.29) is 11.8 Å². The summed E-state index contributed by atoms with van der Waals surface area (Å²) in [6, 6.07) is 2.25. The second-order valence-electron chi connectivity index (χ2n) is 4.78. The van der Waals surface area contributed by atoms with Gasteiger partial charge in [-0.2, -0.15) is 5.26 Å². The number of hydrogen-bond acceptors (Lipinski definition) is 5. The predicted octanol–water partition coefficient (Wildman–Crippen LogP) is 1.64. The molecule has 19 heavy (non-hydrogen) atoms. The summed E-state index contributed by atoms with van der Waals surface area (Å²) in [5, 5.41) is 19.4. The quantitative estimate of drug-likeness (QED) is 0.862. The molecule has 0 bridgehead atoms. The number of hydrogen-bond donors (Lipinski definition) is 2. The molecule has 2 N–H and O–H groups in total. The number of H-pyrrole nitrogens is 1. The first-order valence-corrected chi connectivity index (χ1v) is 6.19. The molecule has 1 atom stereocenters. The van der Waals surface area contributed by atoms with Gasteiger partial charge in [0.1, 0.15) is 6.07 Å². The third kappa shape index (κ3) is 2.17. The topological polar surface area (TPSA) is 83.0 Å². The SMILES string of the molecule is CNC1=C(C#N)C(C(C)C)c2c(n[nH]c2COC)O1. The average molecular weight is 262 g/mol. The third-order valence-electron chi connectivity index (χ3n) is 3.22. The zero-order chi connectivity index (χ0) is 14.0. The van der Waals surface area contributed by atoms with E-state index in [0.29, 0.717) is 23.9 Å². The van der Waals surface area contributed by atoms with Crippen LogP contribution in [0.4, 0.5) is 0 Å². The molecule has 0 saturated heterocycles. The minimum atomic E-state index is -0.0416. The Labute approximate surface area is 112 Å². The smallest absolute Gasteiger partial charge is 0.244 e. The Morgan fingerprint density at radius 3 is 2.84 bits per heavy atom. The van der Waals surface area contributed by atoms with Crippen LogP contribution in [0.2, 0.25) is 0 Å². The summed E-state index contributed by atoms with van der Waals surface area (Å²) in [5.41, 5.74) is 2.38. The van der Waals surface area contributed by atoms with Crippen LogP contribution in [0.3, 0.4) is 0 Å². The molecule has 1 aromatic rings. The van der Waals surface area contributed by atoms with Crippen LogP contribution in [0.15, 0.2) is 11.5 Å². The van der Waals surface area contributed by atoms with Crippen molar-refractivity contribution in [3.8, 4) is 11.9 Å². The summed E-state index contributed by atoms with van der Waals surface area (Å²) >= 11 is 0. The molecule has 102 valence electrons. The highest BCUT2D eigenvalue weighted by Crippen LogP contribution is 2.43. The van der Waals surface area contributed by atoms with Crippen LogP contribution in [-0.2, 0) is 11.3 Å². The number of allylic oxidation sites excluding steroid dienone is 1. The lowest BCUT2D eigenvalue weighted by Crippen LogP contribution is -2.25. The Morgan fingerprint density at radius 1 is 1.58 bits per heavy atom. The molecule has 0 saturated carbocycles. The Balaban J connectivity index is 2.55. The first-order chi connectivity index (χ1) is 9.13. The molecule has 0 amide bonds. The second-order valence-corrected chi connectivity index (χ2v) is 4.78. The molecule has 0 spiro atoms. The summed E-state index contributed by atoms with van der Waals surface area (Å²) in [5.74, 6) is 1.22. The molecule has 2 heterocycles. The van der Waals surface area contributed by atoms with Crippen LogP contribution in [0.1, 0.15) is 31.0 Å². The number of nitrogens with zero attached hydrogens (tertiary/aromatic N) is 2. The fourth-order valence-electron chi connectivity index (χ4n) is 2.43. The molecule has 6 nitrogen and oxygen atoms in total. The van der Waals surface area contributed by atoms with Gasteiger partial charge in [-0.05, 0) is 5.92 Å². The van der Waals surface area contributed by atoms with Gasteiger partial charge in [0.15, 0.2) is 0 Å². The van der Waals surface area contributed by atoms with Crippen molar-refractivity contribution in [2.24, 2.45) is 5.92 Å². The van der Waals surface area contributed by atoms with E-state index in [2.05, 4.69) is 35.4 Å². The zero-order valence-electron chi connectivity index (χ0n) is 11.6. The molecule has 6 heteroatoms. The Morgan fingerprint density at radius 2 is 2.32 bits per heavy atom. The van der Waals surface area contributed by atoms with Gasteiger partial charge in [-0.25, -0.2) is 0 Å². The average Bonchev–Trinajstić information content (AvgIpc) is 2.79. The van der Waals surface area contributed by atoms with Crippen LogP contribution in [-0.4, -0.2) is 24.4 Å². The van der Waals surface area contributed by atoms with E-state index in [4.69, 9.17) is 9.47 Å². The number of aromatic nitrogens is 2. The van der Waals surface area contributed by atoms with Crippen molar-refractivity contribution in [1.29, 1.82) is 5.26 Å². The van der Waals surface area contributed by atoms with E-state index >= 15 is 0 Å². The maximum atomic E-state index is 9.41. The Hall–Kier alpha value is -2.00. The van der Waals surface area contributed by atoms with E-state index in [0.717, 1.165) is 11.3 Å². The van der Waals surface area contributed by atoms with E-state index in [9.17, 15) is 5.26 Å². The zero-order valence-corrected chi connectivity index (χ0v) is 11.6. The Kier molecular flexibility index (Phi) is 3.76. The number of aromatic amines is 1. The van der Waals surface area contributed by atoms with Crippen molar-refractivity contribution in [3.05, 3.63) is 22.7 Å². The first-order valence-electron chi connectivity index (χ1n) is 6.19. The van der Waals surface area contributed by atoms with Gasteiger partial charge in [-0.15, -0.1) is 5.10 Å². The largest absolute Gasteiger partial charge is 0.420 e. The van der Waals surface area contributed by atoms with Crippen molar-refractivity contribution in [2.75, 3.05) is 14.2 Å². The first kappa shape index (κ1) is 13.4. The summed E-state index contributed by atoms with van der Waals surface area (Å²) in [6.07, 6.45) is 0. The van der Waals surface area contributed by atoms with Crippen molar-refractivity contribution < 1.29 is 9.47 Å². The lowest BCUT2D eigenvalue weighted by Gasteiger charge is -2.27. The lowest BCUT2D eigenvalue weighted by molar-refractivity contribution is 0.180.